The van der Waals surface area contributed by atoms with Crippen LogP contribution in [0.15, 0.2) is 54.1 Å². The van der Waals surface area contributed by atoms with Crippen LogP contribution >= 0.6 is 11.6 Å². The second kappa shape index (κ2) is 9.73. The van der Waals surface area contributed by atoms with Crippen molar-refractivity contribution < 1.29 is 29.1 Å². The van der Waals surface area contributed by atoms with E-state index in [-0.39, 0.29) is 11.3 Å². The highest BCUT2D eigenvalue weighted by Crippen LogP contribution is 2.42. The molecule has 2 fully saturated rings. The van der Waals surface area contributed by atoms with Gasteiger partial charge in [-0.3, -0.25) is 9.59 Å². The first-order valence-corrected chi connectivity index (χ1v) is 11.0. The van der Waals surface area contributed by atoms with Gasteiger partial charge in [0.05, 0.1) is 45.0 Å². The summed E-state index contributed by atoms with van der Waals surface area (Å²) < 4.78 is 10.9. The van der Waals surface area contributed by atoms with Gasteiger partial charge >= 0.3 is 0 Å². The fourth-order valence-corrected chi connectivity index (χ4v) is 4.40. The summed E-state index contributed by atoms with van der Waals surface area (Å²) in [5, 5.41) is 11.6. The van der Waals surface area contributed by atoms with E-state index in [4.69, 9.17) is 21.1 Å². The molecular weight excluding hydrogens is 432 g/mol. The number of benzene rings is 2. The van der Waals surface area contributed by atoms with Crippen LogP contribution in [0, 0.1) is 0 Å². The van der Waals surface area contributed by atoms with E-state index in [9.17, 15) is 14.7 Å². The van der Waals surface area contributed by atoms with E-state index in [1.807, 2.05) is 18.2 Å². The number of nitrogens with one attached hydrogen (secondary N) is 1. The Morgan fingerprint density at radius 1 is 1.16 bits per heavy atom. The smallest absolute Gasteiger partial charge is 0.295 e. The molecule has 4 rings (SSSR count). The van der Waals surface area contributed by atoms with Crippen molar-refractivity contribution >= 4 is 29.1 Å². The van der Waals surface area contributed by atoms with Crippen molar-refractivity contribution in [3.05, 3.63) is 70.3 Å². The summed E-state index contributed by atoms with van der Waals surface area (Å²) in [5.74, 6) is -1.00. The number of ether oxygens (including phenoxy) is 2. The second-order valence-corrected chi connectivity index (χ2v) is 8.29. The van der Waals surface area contributed by atoms with Gasteiger partial charge in [0.2, 0.25) is 0 Å². The van der Waals surface area contributed by atoms with Crippen LogP contribution < -0.4 is 9.64 Å². The number of morpholine rings is 1. The van der Waals surface area contributed by atoms with E-state index in [2.05, 4.69) is 0 Å². The summed E-state index contributed by atoms with van der Waals surface area (Å²) in [5.41, 5.74) is 1.13. The minimum atomic E-state index is -0.748. The molecule has 0 bridgehead atoms. The van der Waals surface area contributed by atoms with Gasteiger partial charge in [-0.2, -0.15) is 0 Å². The summed E-state index contributed by atoms with van der Waals surface area (Å²) >= 11 is 5.98. The third kappa shape index (κ3) is 4.37. The first-order valence-electron chi connectivity index (χ1n) is 10.6. The van der Waals surface area contributed by atoms with Crippen molar-refractivity contribution in [1.82, 2.24) is 4.90 Å². The molecule has 2 heterocycles. The molecule has 0 saturated carbocycles. The maximum absolute atomic E-state index is 13.1. The molecule has 2 aromatic rings. The number of hydrogen-bond acceptors (Lipinski definition) is 5. The second-order valence-electron chi connectivity index (χ2n) is 7.85. The molecule has 2 aromatic carbocycles. The standard InChI is InChI=1S/C24H25ClN2O5/c1-31-19-5-3-2-4-18(19)21-20(22(28)16-6-8-17(25)9-7-16)23(29)24(30)27(21)11-10-26-12-14-32-15-13-26/h2-9,21,28H,10-15H2,1H3/p+1/b22-20-/t21-/m0/s1. The first-order chi connectivity index (χ1) is 15.5. The number of ketones is 1. The molecule has 168 valence electrons. The number of quaternary nitrogens is 1. The SMILES string of the molecule is COc1ccccc1[C@H]1/C(=C(/O)c2ccc(Cl)cc2)C(=O)C(=O)N1CC[NH+]1CCOCC1. The van der Waals surface area contributed by atoms with Gasteiger partial charge < -0.3 is 24.4 Å². The van der Waals surface area contributed by atoms with Crippen LogP contribution in [0.4, 0.5) is 0 Å². The third-order valence-corrected chi connectivity index (χ3v) is 6.25. The van der Waals surface area contributed by atoms with Crippen LogP contribution in [-0.2, 0) is 14.3 Å². The van der Waals surface area contributed by atoms with E-state index in [1.54, 1.807) is 42.3 Å². The van der Waals surface area contributed by atoms with E-state index >= 15 is 0 Å². The van der Waals surface area contributed by atoms with Gasteiger partial charge in [0.15, 0.2) is 0 Å². The lowest BCUT2D eigenvalue weighted by Gasteiger charge is -2.29. The van der Waals surface area contributed by atoms with Gasteiger partial charge in [-0.1, -0.05) is 29.8 Å². The molecule has 0 aliphatic carbocycles. The molecule has 0 radical (unpaired) electrons. The molecule has 1 atom stereocenters. The van der Waals surface area contributed by atoms with Crippen molar-refractivity contribution in [2.24, 2.45) is 0 Å². The van der Waals surface area contributed by atoms with E-state index in [1.165, 1.54) is 4.90 Å². The van der Waals surface area contributed by atoms with Gasteiger partial charge in [0, 0.05) is 16.1 Å². The number of aliphatic hydroxyl groups excluding tert-OH is 1. The van der Waals surface area contributed by atoms with Crippen LogP contribution in [0.2, 0.25) is 5.02 Å². The molecule has 7 nitrogen and oxygen atoms in total. The zero-order valence-corrected chi connectivity index (χ0v) is 18.6. The summed E-state index contributed by atoms with van der Waals surface area (Å²) in [6.45, 7) is 4.13. The Kier molecular flexibility index (Phi) is 6.79. The van der Waals surface area contributed by atoms with Gasteiger partial charge in [-0.25, -0.2) is 0 Å². The maximum Gasteiger partial charge on any atom is 0.295 e. The molecule has 0 spiro atoms. The van der Waals surface area contributed by atoms with E-state index in [0.717, 1.165) is 13.1 Å². The molecule has 2 aliphatic heterocycles. The molecule has 8 heteroatoms. The number of Topliss-reactive ketones (excluding diaryl/α,β-unsaturated/α-hetero) is 1. The normalized spacial score (nSPS) is 21.2. The largest absolute Gasteiger partial charge is 0.507 e. The highest BCUT2D eigenvalue weighted by atomic mass is 35.5. The van der Waals surface area contributed by atoms with E-state index in [0.29, 0.717) is 48.2 Å². The minimum absolute atomic E-state index is 0.0544. The van der Waals surface area contributed by atoms with Crippen LogP contribution in [0.3, 0.4) is 0 Å². The molecule has 2 saturated heterocycles. The fourth-order valence-electron chi connectivity index (χ4n) is 4.28. The molecule has 32 heavy (non-hydrogen) atoms. The molecule has 2 N–H and O–H groups in total. The van der Waals surface area contributed by atoms with Crippen LogP contribution in [0.25, 0.3) is 5.76 Å². The number of carbonyl (C=O) groups excluding carboxylic acids is 2. The summed E-state index contributed by atoms with van der Waals surface area (Å²) in [7, 11) is 1.54. The number of aliphatic hydroxyl groups is 1. The number of para-hydroxylation sites is 1. The number of amides is 1. The maximum atomic E-state index is 13.1. The van der Waals surface area contributed by atoms with Gasteiger partial charge in [0.25, 0.3) is 11.7 Å². The lowest BCUT2D eigenvalue weighted by molar-refractivity contribution is -0.907. The number of hydrogen-bond donors (Lipinski definition) is 2. The predicted octanol–water partition coefficient (Wildman–Crippen LogP) is 1.69. The monoisotopic (exact) mass is 457 g/mol. The Labute approximate surface area is 191 Å². The Morgan fingerprint density at radius 2 is 1.84 bits per heavy atom. The number of likely N-dealkylation sites (tertiary alicyclic amines) is 1. The topological polar surface area (TPSA) is 80.5 Å². The zero-order chi connectivity index (χ0) is 22.7. The van der Waals surface area contributed by atoms with Crippen LogP contribution in [-0.4, -0.2) is 68.2 Å². The number of nitrogens with zero attached hydrogens (tertiary/aromatic N) is 1. The number of methoxy groups -OCH3 is 1. The quantitative estimate of drug-likeness (QED) is 0.392. The van der Waals surface area contributed by atoms with Crippen LogP contribution in [0.1, 0.15) is 17.2 Å². The Morgan fingerprint density at radius 3 is 2.53 bits per heavy atom. The lowest BCUT2D eigenvalue weighted by Crippen LogP contribution is -3.14. The number of halogens is 1. The van der Waals surface area contributed by atoms with Crippen molar-refractivity contribution in [1.29, 1.82) is 0 Å². The van der Waals surface area contributed by atoms with Gasteiger partial charge in [-0.05, 0) is 30.3 Å². The molecule has 1 amide bonds. The Hall–Kier alpha value is -2.87. The Balaban J connectivity index is 1.77. The lowest BCUT2D eigenvalue weighted by atomic mass is 9.94. The Bertz CT molecular complexity index is 1030. The number of rotatable bonds is 6. The fraction of sp³-hybridized carbons (Fsp3) is 0.333. The van der Waals surface area contributed by atoms with Gasteiger partial charge in [0.1, 0.15) is 24.6 Å². The highest BCUT2D eigenvalue weighted by molar-refractivity contribution is 6.46. The molecular formula is C24H26ClN2O5+. The van der Waals surface area contributed by atoms with Crippen molar-refractivity contribution in [3.8, 4) is 5.75 Å². The van der Waals surface area contributed by atoms with Crippen molar-refractivity contribution in [2.75, 3.05) is 46.5 Å². The molecule has 2 aliphatic rings. The minimum Gasteiger partial charge on any atom is -0.507 e. The van der Waals surface area contributed by atoms with Crippen molar-refractivity contribution in [2.45, 2.75) is 6.04 Å². The first kappa shape index (κ1) is 22.3. The van der Waals surface area contributed by atoms with Crippen molar-refractivity contribution in [3.63, 3.8) is 0 Å². The summed E-state index contributed by atoms with van der Waals surface area (Å²) in [4.78, 5) is 29.1. The number of carbonyl (C=O) groups is 2. The third-order valence-electron chi connectivity index (χ3n) is 6.00. The molecule has 0 aromatic heterocycles. The van der Waals surface area contributed by atoms with Crippen LogP contribution in [0.5, 0.6) is 5.75 Å². The summed E-state index contributed by atoms with van der Waals surface area (Å²) in [6, 6.07) is 13.0. The molecule has 0 unspecified atom stereocenters. The average Bonchev–Trinajstić information content (AvgIpc) is 3.08. The summed E-state index contributed by atoms with van der Waals surface area (Å²) in [6.07, 6.45) is 0. The van der Waals surface area contributed by atoms with E-state index < -0.39 is 17.7 Å². The predicted molar refractivity (Wildman–Crippen MR) is 120 cm³/mol. The zero-order valence-electron chi connectivity index (χ0n) is 17.8. The average molecular weight is 458 g/mol. The highest BCUT2D eigenvalue weighted by Gasteiger charge is 2.47. The van der Waals surface area contributed by atoms with Gasteiger partial charge in [-0.15, -0.1) is 0 Å².